The quantitative estimate of drug-likeness (QED) is 0.780. The minimum Gasteiger partial charge on any atom is -0.362 e. The third kappa shape index (κ3) is 4.83. The maximum atomic E-state index is 13.5. The first-order valence-corrected chi connectivity index (χ1v) is 10.6. The summed E-state index contributed by atoms with van der Waals surface area (Å²) in [5.41, 5.74) is 0.438. The van der Waals surface area contributed by atoms with Gasteiger partial charge in [-0.05, 0) is 30.5 Å². The molecule has 27 heavy (non-hydrogen) atoms. The normalized spacial score (nSPS) is 19.1. The molecule has 148 valence electrons. The molecule has 0 spiro atoms. The van der Waals surface area contributed by atoms with Crippen molar-refractivity contribution < 1.29 is 26.3 Å². The number of halogens is 4. The molecule has 0 radical (unpaired) electrons. The van der Waals surface area contributed by atoms with Crippen LogP contribution in [-0.4, -0.2) is 36.7 Å². The molecule has 1 atom stereocenters. The van der Waals surface area contributed by atoms with Crippen molar-refractivity contribution in [3.8, 4) is 0 Å². The van der Waals surface area contributed by atoms with Gasteiger partial charge in [-0.2, -0.15) is 0 Å². The van der Waals surface area contributed by atoms with Crippen LogP contribution in [0.3, 0.4) is 0 Å². The van der Waals surface area contributed by atoms with Crippen molar-refractivity contribution in [1.82, 2.24) is 9.97 Å². The van der Waals surface area contributed by atoms with E-state index in [1.807, 2.05) is 0 Å². The number of alkyl halides is 2. The van der Waals surface area contributed by atoms with Gasteiger partial charge in [-0.15, -0.1) is 0 Å². The van der Waals surface area contributed by atoms with E-state index in [-0.39, 0.29) is 41.6 Å². The Bertz CT molecular complexity index is 923. The van der Waals surface area contributed by atoms with Gasteiger partial charge in [0.05, 0.1) is 17.3 Å². The van der Waals surface area contributed by atoms with Gasteiger partial charge in [0, 0.05) is 19.1 Å². The van der Waals surface area contributed by atoms with E-state index in [2.05, 4.69) is 9.97 Å². The summed E-state index contributed by atoms with van der Waals surface area (Å²) in [4.78, 5) is 6.74. The van der Waals surface area contributed by atoms with Crippen molar-refractivity contribution in [2.45, 2.75) is 48.8 Å². The fraction of sp³-hybridized carbons (Fsp3) is 0.471. The summed E-state index contributed by atoms with van der Waals surface area (Å²) >= 11 is 5.85. The summed E-state index contributed by atoms with van der Waals surface area (Å²) in [5, 5.41) is -0.236. The molecule has 1 aliphatic carbocycles. The fourth-order valence-corrected chi connectivity index (χ4v) is 3.68. The number of nitrogens with one attached hydrogen (secondary N) is 1. The zero-order valence-corrected chi connectivity index (χ0v) is 16.0. The van der Waals surface area contributed by atoms with Crippen molar-refractivity contribution in [2.75, 3.05) is 6.26 Å². The van der Waals surface area contributed by atoms with Crippen LogP contribution in [0.4, 0.5) is 13.2 Å². The van der Waals surface area contributed by atoms with Gasteiger partial charge in [0.25, 0.3) is 0 Å². The third-order valence-electron chi connectivity index (χ3n) is 4.46. The number of nitrogens with zero attached hydrogens (tertiary/aromatic N) is 1. The Kier molecular flexibility index (Phi) is 5.56. The molecule has 1 fully saturated rings. The summed E-state index contributed by atoms with van der Waals surface area (Å²) in [6.45, 7) is 0. The maximum absolute atomic E-state index is 13.5. The van der Waals surface area contributed by atoms with Crippen LogP contribution in [-0.2, 0) is 14.6 Å². The van der Waals surface area contributed by atoms with E-state index in [9.17, 15) is 21.6 Å². The first kappa shape index (κ1) is 20.2. The average molecular weight is 423 g/mol. The van der Waals surface area contributed by atoms with E-state index in [1.165, 1.54) is 12.1 Å². The molecule has 2 aromatic rings. The predicted molar refractivity (Wildman–Crippen MR) is 93.2 cm³/mol. The number of hydrogen-bond donors (Lipinski definition) is 1. The number of imidazole rings is 1. The highest BCUT2D eigenvalue weighted by atomic mass is 35.5. The van der Waals surface area contributed by atoms with Crippen LogP contribution >= 0.6 is 11.6 Å². The standard InChI is InChI=1S/C17H18ClF3N2O3S/c1-27(24,25)14-9-22-16(23-14)15(10-2-3-13(19)12(18)8-10)26-11-4-6-17(20,21)7-5-11/h2-3,8-9,11,15H,4-7H2,1H3,(H,22,23)/t15-/m1/s1. The van der Waals surface area contributed by atoms with E-state index < -0.39 is 33.8 Å². The number of H-pyrrole nitrogens is 1. The van der Waals surface area contributed by atoms with Crippen LogP contribution in [0.2, 0.25) is 5.02 Å². The topological polar surface area (TPSA) is 72.1 Å². The molecule has 5 nitrogen and oxygen atoms in total. The molecule has 0 bridgehead atoms. The van der Waals surface area contributed by atoms with Crippen molar-refractivity contribution in [3.05, 3.63) is 46.6 Å². The van der Waals surface area contributed by atoms with Crippen molar-refractivity contribution >= 4 is 21.4 Å². The average Bonchev–Trinajstić information content (AvgIpc) is 3.07. The lowest BCUT2D eigenvalue weighted by Crippen LogP contribution is -2.30. The number of ether oxygens (including phenoxy) is 1. The second kappa shape index (κ2) is 7.44. The molecule has 1 aliphatic rings. The first-order valence-electron chi connectivity index (χ1n) is 8.28. The lowest BCUT2D eigenvalue weighted by Gasteiger charge is -2.31. The summed E-state index contributed by atoms with van der Waals surface area (Å²) < 4.78 is 69.7. The predicted octanol–water partition coefficient (Wildman–Crippen LogP) is 4.29. The highest BCUT2D eigenvalue weighted by Crippen LogP contribution is 2.37. The third-order valence-corrected chi connectivity index (χ3v) is 5.76. The minimum atomic E-state index is -3.52. The van der Waals surface area contributed by atoms with Crippen molar-refractivity contribution in [3.63, 3.8) is 0 Å². The Hall–Kier alpha value is -1.58. The summed E-state index contributed by atoms with van der Waals surface area (Å²) in [7, 11) is -3.52. The molecule has 1 aromatic carbocycles. The van der Waals surface area contributed by atoms with E-state index in [0.717, 1.165) is 18.5 Å². The smallest absolute Gasteiger partial charge is 0.248 e. The number of aromatic nitrogens is 2. The van der Waals surface area contributed by atoms with Crippen LogP contribution in [0.25, 0.3) is 0 Å². The van der Waals surface area contributed by atoms with E-state index in [4.69, 9.17) is 16.3 Å². The Labute approximate surface area is 159 Å². The van der Waals surface area contributed by atoms with Crippen molar-refractivity contribution in [1.29, 1.82) is 0 Å². The minimum absolute atomic E-state index is 0.102. The number of aromatic amines is 1. The van der Waals surface area contributed by atoms with E-state index in [0.29, 0.717) is 5.56 Å². The fourth-order valence-electron chi connectivity index (χ4n) is 2.96. The molecule has 1 heterocycles. The Balaban J connectivity index is 1.91. The van der Waals surface area contributed by atoms with Gasteiger partial charge in [-0.3, -0.25) is 0 Å². The Morgan fingerprint density at radius 1 is 1.33 bits per heavy atom. The second-order valence-electron chi connectivity index (χ2n) is 6.65. The molecule has 1 N–H and O–H groups in total. The molecular formula is C17H18ClF3N2O3S. The molecule has 0 unspecified atom stereocenters. The molecule has 1 aromatic heterocycles. The number of benzene rings is 1. The summed E-state index contributed by atoms with van der Waals surface area (Å²) in [6, 6.07) is 3.94. The van der Waals surface area contributed by atoms with E-state index in [1.54, 1.807) is 0 Å². The summed E-state index contributed by atoms with van der Waals surface area (Å²) in [5.74, 6) is -3.15. The van der Waals surface area contributed by atoms with Crippen LogP contribution in [0.15, 0.2) is 29.4 Å². The first-order chi connectivity index (χ1) is 12.5. The molecule has 0 amide bonds. The van der Waals surface area contributed by atoms with Crippen LogP contribution in [0, 0.1) is 5.82 Å². The van der Waals surface area contributed by atoms with Crippen molar-refractivity contribution in [2.24, 2.45) is 0 Å². The monoisotopic (exact) mass is 422 g/mol. The van der Waals surface area contributed by atoms with Gasteiger partial charge >= 0.3 is 0 Å². The lowest BCUT2D eigenvalue weighted by molar-refractivity contribution is -0.0938. The molecule has 10 heteroatoms. The van der Waals surface area contributed by atoms with E-state index >= 15 is 0 Å². The lowest BCUT2D eigenvalue weighted by atomic mass is 9.94. The Morgan fingerprint density at radius 2 is 2.00 bits per heavy atom. The highest BCUT2D eigenvalue weighted by molar-refractivity contribution is 7.90. The molecular weight excluding hydrogens is 405 g/mol. The van der Waals surface area contributed by atoms with Gasteiger partial charge in [0.2, 0.25) is 5.92 Å². The SMILES string of the molecule is CS(=O)(=O)c1cnc([C@H](OC2CCC(F)(F)CC2)c2ccc(F)c(Cl)c2)[nH]1. The van der Waals surface area contributed by atoms with Gasteiger partial charge in [-0.1, -0.05) is 17.7 Å². The molecule has 0 saturated heterocycles. The number of rotatable bonds is 5. The maximum Gasteiger partial charge on any atom is 0.248 e. The largest absolute Gasteiger partial charge is 0.362 e. The van der Waals surface area contributed by atoms with Crippen LogP contribution < -0.4 is 0 Å². The molecule has 3 rings (SSSR count). The van der Waals surface area contributed by atoms with Crippen LogP contribution in [0.1, 0.15) is 43.2 Å². The summed E-state index contributed by atoms with van der Waals surface area (Å²) in [6.07, 6.45) is 0.540. The molecule has 1 saturated carbocycles. The number of hydrogen-bond acceptors (Lipinski definition) is 4. The number of sulfone groups is 1. The van der Waals surface area contributed by atoms with Gasteiger partial charge < -0.3 is 9.72 Å². The zero-order chi connectivity index (χ0) is 19.8. The van der Waals surface area contributed by atoms with Gasteiger partial charge in [0.15, 0.2) is 14.9 Å². The molecule has 0 aliphatic heterocycles. The van der Waals surface area contributed by atoms with Gasteiger partial charge in [0.1, 0.15) is 17.7 Å². The van der Waals surface area contributed by atoms with Gasteiger partial charge in [-0.25, -0.2) is 26.6 Å². The Morgan fingerprint density at radius 3 is 2.56 bits per heavy atom. The second-order valence-corrected chi connectivity index (χ2v) is 9.04. The van der Waals surface area contributed by atoms with Crippen LogP contribution in [0.5, 0.6) is 0 Å². The highest BCUT2D eigenvalue weighted by Gasteiger charge is 2.37. The zero-order valence-electron chi connectivity index (χ0n) is 14.4.